The van der Waals surface area contributed by atoms with Gasteiger partial charge in [0.15, 0.2) is 0 Å². The zero-order valence-corrected chi connectivity index (χ0v) is 11.4. The highest BCUT2D eigenvalue weighted by molar-refractivity contribution is 9.10. The number of carbonyl (C=O) groups is 1. The molecule has 0 bridgehead atoms. The smallest absolute Gasteiger partial charge is 0.224 e. The summed E-state index contributed by atoms with van der Waals surface area (Å²) in [5.41, 5.74) is 3.56. The van der Waals surface area contributed by atoms with Crippen molar-refractivity contribution in [3.63, 3.8) is 0 Å². The van der Waals surface area contributed by atoms with Crippen LogP contribution in [-0.2, 0) is 11.2 Å². The summed E-state index contributed by atoms with van der Waals surface area (Å²) < 4.78 is 0.954. The Labute approximate surface area is 112 Å². The van der Waals surface area contributed by atoms with E-state index in [0.717, 1.165) is 15.9 Å². The Balaban J connectivity index is 1.85. The van der Waals surface area contributed by atoms with E-state index in [-0.39, 0.29) is 5.91 Å². The summed E-state index contributed by atoms with van der Waals surface area (Å²) in [4.78, 5) is 15.8. The quantitative estimate of drug-likeness (QED) is 0.939. The van der Waals surface area contributed by atoms with E-state index in [1.165, 1.54) is 0 Å². The number of nitrogens with one attached hydrogen (secondary N) is 1. The minimum atomic E-state index is 0.0103. The maximum Gasteiger partial charge on any atom is 0.224 e. The van der Waals surface area contributed by atoms with Crippen LogP contribution < -0.4 is 5.32 Å². The number of aryl methyl sites for hydroxylation is 1. The number of benzene rings is 1. The van der Waals surface area contributed by atoms with Crippen LogP contribution in [0.1, 0.15) is 12.1 Å². The van der Waals surface area contributed by atoms with Gasteiger partial charge in [-0.25, -0.2) is 4.98 Å². The summed E-state index contributed by atoms with van der Waals surface area (Å²) in [7, 11) is 0. The van der Waals surface area contributed by atoms with Crippen LogP contribution in [0.25, 0.3) is 0 Å². The molecule has 1 aromatic carbocycles. The normalized spacial score (nSPS) is 10.2. The van der Waals surface area contributed by atoms with Crippen molar-refractivity contribution in [1.29, 1.82) is 0 Å². The largest absolute Gasteiger partial charge is 0.326 e. The van der Waals surface area contributed by atoms with Gasteiger partial charge in [0.2, 0.25) is 5.91 Å². The van der Waals surface area contributed by atoms with Gasteiger partial charge in [0, 0.05) is 22.0 Å². The van der Waals surface area contributed by atoms with E-state index in [9.17, 15) is 4.79 Å². The average Bonchev–Trinajstić information content (AvgIpc) is 2.79. The Bertz CT molecular complexity index is 499. The van der Waals surface area contributed by atoms with E-state index in [1.54, 1.807) is 16.8 Å². The highest BCUT2D eigenvalue weighted by atomic mass is 79.9. The lowest BCUT2D eigenvalue weighted by Gasteiger charge is -2.04. The Morgan fingerprint density at radius 3 is 3.06 bits per heavy atom. The second-order valence-electron chi connectivity index (χ2n) is 3.54. The lowest BCUT2D eigenvalue weighted by Crippen LogP contribution is -2.12. The molecule has 1 aromatic heterocycles. The first-order chi connectivity index (χ1) is 8.24. The molecule has 5 heteroatoms. The number of amides is 1. The fraction of sp³-hybridized carbons (Fsp3) is 0.167. The molecule has 0 saturated carbocycles. The number of aromatic nitrogens is 1. The number of hydrogen-bond acceptors (Lipinski definition) is 3. The van der Waals surface area contributed by atoms with Crippen molar-refractivity contribution in [2.75, 3.05) is 5.32 Å². The highest BCUT2D eigenvalue weighted by Gasteiger charge is 2.04. The molecule has 1 amide bonds. The number of rotatable bonds is 4. The summed E-state index contributed by atoms with van der Waals surface area (Å²) in [6, 6.07) is 7.55. The molecule has 0 aliphatic heterocycles. The van der Waals surface area contributed by atoms with Crippen LogP contribution in [-0.4, -0.2) is 10.9 Å². The van der Waals surface area contributed by atoms with Gasteiger partial charge in [0.25, 0.3) is 0 Å². The Morgan fingerprint density at radius 1 is 1.47 bits per heavy atom. The van der Waals surface area contributed by atoms with E-state index in [0.29, 0.717) is 12.8 Å². The highest BCUT2D eigenvalue weighted by Crippen LogP contribution is 2.16. The molecule has 2 aromatic rings. The number of thiazole rings is 1. The summed E-state index contributed by atoms with van der Waals surface area (Å²) in [6.07, 6.45) is 1.14. The molecule has 0 aliphatic rings. The molecule has 3 nitrogen and oxygen atoms in total. The first-order valence-corrected chi connectivity index (χ1v) is 6.90. The maximum atomic E-state index is 11.7. The molecule has 1 N–H and O–H groups in total. The lowest BCUT2D eigenvalue weighted by atomic mass is 10.2. The van der Waals surface area contributed by atoms with Crippen molar-refractivity contribution >= 4 is 38.9 Å². The van der Waals surface area contributed by atoms with Gasteiger partial charge in [-0.2, -0.15) is 0 Å². The molecule has 88 valence electrons. The molecule has 0 radical (unpaired) electrons. The second-order valence-corrected chi connectivity index (χ2v) is 5.17. The average molecular weight is 311 g/mol. The molecule has 17 heavy (non-hydrogen) atoms. The minimum absolute atomic E-state index is 0.0103. The second kappa shape index (κ2) is 5.93. The standard InChI is InChI=1S/C12H11BrN2OS/c13-9-2-1-3-10(6-9)15-12(16)5-4-11-7-17-8-14-11/h1-3,6-8H,4-5H2,(H,15,16). The summed E-state index contributed by atoms with van der Waals surface area (Å²) in [5.74, 6) is 0.0103. The molecular weight excluding hydrogens is 300 g/mol. The summed E-state index contributed by atoms with van der Waals surface area (Å²) >= 11 is 4.91. The van der Waals surface area contributed by atoms with Crippen molar-refractivity contribution < 1.29 is 4.79 Å². The predicted octanol–water partition coefficient (Wildman–Crippen LogP) is 3.48. The fourth-order valence-electron chi connectivity index (χ4n) is 1.39. The predicted molar refractivity (Wildman–Crippen MR) is 73.2 cm³/mol. The molecule has 0 unspecified atom stereocenters. The third-order valence-corrected chi connectivity index (χ3v) is 3.33. The molecule has 2 rings (SSSR count). The van der Waals surface area contributed by atoms with Crippen LogP contribution in [0.15, 0.2) is 39.6 Å². The van der Waals surface area contributed by atoms with Crippen molar-refractivity contribution in [3.8, 4) is 0 Å². The summed E-state index contributed by atoms with van der Waals surface area (Å²) in [6.45, 7) is 0. The van der Waals surface area contributed by atoms with Crippen LogP contribution in [0.4, 0.5) is 5.69 Å². The number of nitrogens with zero attached hydrogens (tertiary/aromatic N) is 1. The van der Waals surface area contributed by atoms with E-state index in [2.05, 4.69) is 26.2 Å². The van der Waals surface area contributed by atoms with Gasteiger partial charge in [-0.05, 0) is 24.6 Å². The van der Waals surface area contributed by atoms with Gasteiger partial charge in [-0.1, -0.05) is 22.0 Å². The molecular formula is C12H11BrN2OS. The van der Waals surface area contributed by atoms with Gasteiger partial charge in [-0.3, -0.25) is 4.79 Å². The van der Waals surface area contributed by atoms with Crippen LogP contribution in [0.3, 0.4) is 0 Å². The monoisotopic (exact) mass is 310 g/mol. The number of anilines is 1. The third-order valence-electron chi connectivity index (χ3n) is 2.20. The van der Waals surface area contributed by atoms with Crippen molar-refractivity contribution in [3.05, 3.63) is 45.3 Å². The Hall–Kier alpha value is -1.20. The van der Waals surface area contributed by atoms with Crippen LogP contribution >= 0.6 is 27.3 Å². The topological polar surface area (TPSA) is 42.0 Å². The van der Waals surface area contributed by atoms with Gasteiger partial charge in [-0.15, -0.1) is 11.3 Å². The van der Waals surface area contributed by atoms with Crippen LogP contribution in [0.5, 0.6) is 0 Å². The van der Waals surface area contributed by atoms with E-state index in [1.807, 2.05) is 29.6 Å². The Kier molecular flexibility index (Phi) is 4.28. The van der Waals surface area contributed by atoms with Gasteiger partial charge in [0.1, 0.15) is 0 Å². The third kappa shape index (κ3) is 3.94. The van der Waals surface area contributed by atoms with Crippen molar-refractivity contribution in [1.82, 2.24) is 4.98 Å². The molecule has 0 atom stereocenters. The minimum Gasteiger partial charge on any atom is -0.326 e. The van der Waals surface area contributed by atoms with E-state index in [4.69, 9.17) is 0 Å². The van der Waals surface area contributed by atoms with E-state index >= 15 is 0 Å². The zero-order valence-electron chi connectivity index (χ0n) is 9.02. The van der Waals surface area contributed by atoms with Crippen LogP contribution in [0.2, 0.25) is 0 Å². The molecule has 0 fully saturated rings. The first-order valence-electron chi connectivity index (χ1n) is 5.16. The number of hydrogen-bond donors (Lipinski definition) is 1. The SMILES string of the molecule is O=C(CCc1cscn1)Nc1cccc(Br)c1. The first kappa shape index (κ1) is 12.3. The fourth-order valence-corrected chi connectivity index (χ4v) is 2.38. The molecule has 0 saturated heterocycles. The molecule has 0 spiro atoms. The van der Waals surface area contributed by atoms with Gasteiger partial charge >= 0.3 is 0 Å². The van der Waals surface area contributed by atoms with Crippen molar-refractivity contribution in [2.24, 2.45) is 0 Å². The lowest BCUT2D eigenvalue weighted by molar-refractivity contribution is -0.116. The van der Waals surface area contributed by atoms with Gasteiger partial charge in [0.05, 0.1) is 11.2 Å². The van der Waals surface area contributed by atoms with Crippen molar-refractivity contribution in [2.45, 2.75) is 12.8 Å². The molecule has 1 heterocycles. The molecule has 0 aliphatic carbocycles. The number of carbonyl (C=O) groups excluding carboxylic acids is 1. The zero-order chi connectivity index (χ0) is 12.1. The maximum absolute atomic E-state index is 11.7. The summed E-state index contributed by atoms with van der Waals surface area (Å²) in [5, 5.41) is 4.82. The van der Waals surface area contributed by atoms with E-state index < -0.39 is 0 Å². The van der Waals surface area contributed by atoms with Gasteiger partial charge < -0.3 is 5.32 Å². The van der Waals surface area contributed by atoms with Crippen LogP contribution in [0, 0.1) is 0 Å². The Morgan fingerprint density at radius 2 is 2.35 bits per heavy atom. The number of halogens is 1.